The second kappa shape index (κ2) is 9.02. The molecule has 3 amide bonds. The SMILES string of the molecule is NC(=O)c1ccc(NC(=O)CCNC(=O)C=Cc2ccccc2)cc1. The van der Waals surface area contributed by atoms with Crippen molar-refractivity contribution in [1.29, 1.82) is 0 Å². The number of benzene rings is 2. The van der Waals surface area contributed by atoms with Gasteiger partial charge in [-0.1, -0.05) is 30.3 Å². The van der Waals surface area contributed by atoms with Gasteiger partial charge in [-0.05, 0) is 35.9 Å². The summed E-state index contributed by atoms with van der Waals surface area (Å²) in [5.74, 6) is -1.02. The largest absolute Gasteiger partial charge is 0.366 e. The van der Waals surface area contributed by atoms with Crippen LogP contribution in [0.5, 0.6) is 0 Å². The van der Waals surface area contributed by atoms with Gasteiger partial charge in [0.05, 0.1) is 0 Å². The van der Waals surface area contributed by atoms with E-state index in [-0.39, 0.29) is 24.8 Å². The zero-order valence-electron chi connectivity index (χ0n) is 13.6. The third kappa shape index (κ3) is 6.31. The lowest BCUT2D eigenvalue weighted by molar-refractivity contribution is -0.117. The quantitative estimate of drug-likeness (QED) is 0.673. The molecule has 0 aliphatic rings. The summed E-state index contributed by atoms with van der Waals surface area (Å²) in [5, 5.41) is 5.33. The molecule has 0 atom stereocenters. The normalized spacial score (nSPS) is 10.4. The molecule has 4 N–H and O–H groups in total. The molecule has 0 fully saturated rings. The first-order valence-electron chi connectivity index (χ1n) is 7.75. The van der Waals surface area contributed by atoms with Gasteiger partial charge in [0.25, 0.3) is 0 Å². The van der Waals surface area contributed by atoms with Crippen molar-refractivity contribution >= 4 is 29.5 Å². The fraction of sp³-hybridized carbons (Fsp3) is 0.105. The lowest BCUT2D eigenvalue weighted by atomic mass is 10.2. The second-order valence-electron chi connectivity index (χ2n) is 5.27. The van der Waals surface area contributed by atoms with Crippen LogP contribution >= 0.6 is 0 Å². The molecule has 0 radical (unpaired) electrons. The van der Waals surface area contributed by atoms with Gasteiger partial charge in [0.2, 0.25) is 17.7 Å². The Bertz CT molecular complexity index is 768. The van der Waals surface area contributed by atoms with Crippen LogP contribution in [0.1, 0.15) is 22.3 Å². The van der Waals surface area contributed by atoms with Crippen molar-refractivity contribution in [2.45, 2.75) is 6.42 Å². The Morgan fingerprint density at radius 1 is 0.960 bits per heavy atom. The summed E-state index contributed by atoms with van der Waals surface area (Å²) in [6.45, 7) is 0.225. The summed E-state index contributed by atoms with van der Waals surface area (Å²) in [5.41, 5.74) is 7.01. The number of hydrogen-bond donors (Lipinski definition) is 3. The van der Waals surface area contributed by atoms with E-state index in [0.29, 0.717) is 11.3 Å². The molecular formula is C19H19N3O3. The summed E-state index contributed by atoms with van der Waals surface area (Å²) in [6.07, 6.45) is 3.27. The molecule has 0 aliphatic carbocycles. The van der Waals surface area contributed by atoms with Crippen LogP contribution in [0, 0.1) is 0 Å². The lowest BCUT2D eigenvalue weighted by Crippen LogP contribution is -2.26. The monoisotopic (exact) mass is 337 g/mol. The summed E-state index contributed by atoms with van der Waals surface area (Å²) >= 11 is 0. The van der Waals surface area contributed by atoms with E-state index in [9.17, 15) is 14.4 Å². The van der Waals surface area contributed by atoms with Crippen molar-refractivity contribution in [3.05, 3.63) is 71.8 Å². The first-order valence-corrected chi connectivity index (χ1v) is 7.75. The zero-order valence-corrected chi connectivity index (χ0v) is 13.6. The highest BCUT2D eigenvalue weighted by Gasteiger charge is 2.04. The third-order valence-corrected chi connectivity index (χ3v) is 3.33. The summed E-state index contributed by atoms with van der Waals surface area (Å²) in [4.78, 5) is 34.5. The molecule has 2 aromatic rings. The number of nitrogens with one attached hydrogen (secondary N) is 2. The van der Waals surface area contributed by atoms with Crippen LogP contribution in [0.3, 0.4) is 0 Å². The van der Waals surface area contributed by atoms with Crippen LogP contribution in [0.25, 0.3) is 6.08 Å². The van der Waals surface area contributed by atoms with Gasteiger partial charge in [-0.25, -0.2) is 0 Å². The van der Waals surface area contributed by atoms with E-state index in [2.05, 4.69) is 10.6 Å². The van der Waals surface area contributed by atoms with E-state index in [0.717, 1.165) is 5.56 Å². The van der Waals surface area contributed by atoms with Gasteiger partial charge in [-0.2, -0.15) is 0 Å². The van der Waals surface area contributed by atoms with Crippen LogP contribution in [0.2, 0.25) is 0 Å². The molecule has 0 bridgehead atoms. The van der Waals surface area contributed by atoms with E-state index in [4.69, 9.17) is 5.73 Å². The average molecular weight is 337 g/mol. The predicted octanol–water partition coefficient (Wildman–Crippen LogP) is 1.94. The minimum atomic E-state index is -0.524. The molecule has 25 heavy (non-hydrogen) atoms. The number of carbonyl (C=O) groups excluding carboxylic acids is 3. The van der Waals surface area contributed by atoms with Gasteiger partial charge in [-0.3, -0.25) is 14.4 Å². The third-order valence-electron chi connectivity index (χ3n) is 3.33. The van der Waals surface area contributed by atoms with Crippen molar-refractivity contribution in [2.75, 3.05) is 11.9 Å². The van der Waals surface area contributed by atoms with Gasteiger partial charge < -0.3 is 16.4 Å². The number of nitrogens with two attached hydrogens (primary N) is 1. The van der Waals surface area contributed by atoms with Crippen molar-refractivity contribution in [3.63, 3.8) is 0 Å². The predicted molar refractivity (Wildman–Crippen MR) is 96.7 cm³/mol. The highest BCUT2D eigenvalue weighted by molar-refractivity contribution is 5.95. The average Bonchev–Trinajstić information content (AvgIpc) is 2.61. The van der Waals surface area contributed by atoms with Crippen molar-refractivity contribution in [1.82, 2.24) is 5.32 Å². The van der Waals surface area contributed by atoms with E-state index < -0.39 is 5.91 Å². The molecule has 6 heteroatoms. The van der Waals surface area contributed by atoms with Gasteiger partial charge in [0, 0.05) is 30.3 Å². The topological polar surface area (TPSA) is 101 Å². The molecule has 2 rings (SSSR count). The van der Waals surface area contributed by atoms with Gasteiger partial charge in [0.1, 0.15) is 0 Å². The Balaban J connectivity index is 1.72. The molecule has 2 aromatic carbocycles. The maximum absolute atomic E-state index is 11.8. The maximum atomic E-state index is 11.8. The van der Waals surface area contributed by atoms with E-state index in [1.54, 1.807) is 18.2 Å². The van der Waals surface area contributed by atoms with E-state index in [1.807, 2.05) is 30.3 Å². The van der Waals surface area contributed by atoms with E-state index >= 15 is 0 Å². The number of primary amides is 1. The van der Waals surface area contributed by atoms with Crippen molar-refractivity contribution in [2.24, 2.45) is 5.73 Å². The molecule has 0 spiro atoms. The smallest absolute Gasteiger partial charge is 0.248 e. The highest BCUT2D eigenvalue weighted by atomic mass is 16.2. The Morgan fingerprint density at radius 2 is 1.64 bits per heavy atom. The molecule has 0 saturated carbocycles. The zero-order chi connectivity index (χ0) is 18.1. The summed E-state index contributed by atoms with van der Waals surface area (Å²) in [7, 11) is 0. The fourth-order valence-corrected chi connectivity index (χ4v) is 2.04. The Hall–Kier alpha value is -3.41. The van der Waals surface area contributed by atoms with Crippen LogP contribution in [-0.4, -0.2) is 24.3 Å². The molecule has 0 unspecified atom stereocenters. The van der Waals surface area contributed by atoms with E-state index in [1.165, 1.54) is 18.2 Å². The van der Waals surface area contributed by atoms with Gasteiger partial charge in [0.15, 0.2) is 0 Å². The molecule has 128 valence electrons. The van der Waals surface area contributed by atoms with Crippen LogP contribution in [0.15, 0.2) is 60.7 Å². The Kier molecular flexibility index (Phi) is 6.47. The first-order chi connectivity index (χ1) is 12.0. The molecular weight excluding hydrogens is 318 g/mol. The number of amides is 3. The maximum Gasteiger partial charge on any atom is 0.248 e. The minimum Gasteiger partial charge on any atom is -0.366 e. The number of carbonyl (C=O) groups is 3. The Morgan fingerprint density at radius 3 is 2.28 bits per heavy atom. The number of rotatable bonds is 7. The molecule has 0 aromatic heterocycles. The minimum absolute atomic E-state index is 0.141. The van der Waals surface area contributed by atoms with Gasteiger partial charge in [-0.15, -0.1) is 0 Å². The number of hydrogen-bond acceptors (Lipinski definition) is 3. The molecule has 0 saturated heterocycles. The van der Waals surface area contributed by atoms with Crippen molar-refractivity contribution in [3.8, 4) is 0 Å². The summed E-state index contributed by atoms with van der Waals surface area (Å²) in [6, 6.07) is 15.7. The second-order valence-corrected chi connectivity index (χ2v) is 5.27. The van der Waals surface area contributed by atoms with Crippen LogP contribution in [-0.2, 0) is 9.59 Å². The highest BCUT2D eigenvalue weighted by Crippen LogP contribution is 2.09. The molecule has 0 heterocycles. The standard InChI is InChI=1S/C19H19N3O3/c20-19(25)15-7-9-16(10-8-15)22-18(24)12-13-21-17(23)11-6-14-4-2-1-3-5-14/h1-11H,12-13H2,(H2,20,25)(H,21,23)(H,22,24). The van der Waals surface area contributed by atoms with Crippen molar-refractivity contribution < 1.29 is 14.4 Å². The molecule has 0 aliphatic heterocycles. The first kappa shape index (κ1) is 17.9. The Labute approximate surface area is 145 Å². The lowest BCUT2D eigenvalue weighted by Gasteiger charge is -2.06. The number of anilines is 1. The summed E-state index contributed by atoms with van der Waals surface area (Å²) < 4.78 is 0. The van der Waals surface area contributed by atoms with Gasteiger partial charge >= 0.3 is 0 Å². The van der Waals surface area contributed by atoms with Crippen LogP contribution < -0.4 is 16.4 Å². The molecule has 6 nitrogen and oxygen atoms in total. The fourth-order valence-electron chi connectivity index (χ4n) is 2.04. The van der Waals surface area contributed by atoms with Crippen LogP contribution in [0.4, 0.5) is 5.69 Å².